The zero-order chi connectivity index (χ0) is 12.1. The third-order valence-electron chi connectivity index (χ3n) is 4.51. The van der Waals surface area contributed by atoms with Crippen LogP contribution in [0.5, 0.6) is 0 Å². The Kier molecular flexibility index (Phi) is 6.18. The monoisotopic (exact) mass is 329 g/mol. The molecule has 0 amide bonds. The van der Waals surface area contributed by atoms with Gasteiger partial charge in [-0.2, -0.15) is 0 Å². The van der Waals surface area contributed by atoms with E-state index < -0.39 is 0 Å². The van der Waals surface area contributed by atoms with Gasteiger partial charge in [0.1, 0.15) is 0 Å². The maximum absolute atomic E-state index is 2.34. The van der Waals surface area contributed by atoms with Gasteiger partial charge in [0, 0.05) is 0 Å². The minimum absolute atomic E-state index is 0.798. The first-order valence-electron chi connectivity index (χ1n) is 7.39. The Morgan fingerprint density at radius 2 is 1.25 bits per heavy atom. The summed E-state index contributed by atoms with van der Waals surface area (Å²) in [5.74, 6) is 0. The van der Waals surface area contributed by atoms with E-state index in [1.165, 1.54) is 57.8 Å². The van der Waals surface area contributed by atoms with Crippen LogP contribution in [-0.4, -0.2) is 22.5 Å². The van der Waals surface area contributed by atoms with Crippen LogP contribution in [0.15, 0.2) is 0 Å². The van der Waals surface area contributed by atoms with Gasteiger partial charge in [-0.1, -0.05) is 0 Å². The fourth-order valence-corrected chi connectivity index (χ4v) is 5.36. The van der Waals surface area contributed by atoms with Crippen molar-refractivity contribution in [1.29, 1.82) is 0 Å². The molecule has 1 saturated carbocycles. The molecule has 0 spiro atoms. The Labute approximate surface area is 116 Å². The second kappa shape index (κ2) is 6.66. The van der Waals surface area contributed by atoms with Crippen molar-refractivity contribution in [2.45, 2.75) is 88.4 Å². The molecule has 0 aromatic rings. The van der Waals surface area contributed by atoms with Gasteiger partial charge in [-0.15, -0.1) is 0 Å². The predicted molar refractivity (Wildman–Crippen MR) is 74.1 cm³/mol. The van der Waals surface area contributed by atoms with E-state index in [-0.39, 0.29) is 0 Å². The normalized spacial score (nSPS) is 27.0. The number of unbranched alkanes of at least 4 members (excludes halogenated alkanes) is 3. The molecule has 0 heterocycles. The molecule has 1 rings (SSSR count). The Morgan fingerprint density at radius 3 is 1.69 bits per heavy atom. The first-order chi connectivity index (χ1) is 7.64. The van der Waals surface area contributed by atoms with Crippen LogP contribution >= 0.6 is 0 Å². The zero-order valence-electron chi connectivity index (χ0n) is 11.6. The Hall–Kier alpha value is 0.799. The van der Waals surface area contributed by atoms with Crippen molar-refractivity contribution in [1.82, 2.24) is 0 Å². The van der Waals surface area contributed by atoms with Gasteiger partial charge < -0.3 is 0 Å². The summed E-state index contributed by atoms with van der Waals surface area (Å²) in [6.45, 7) is 7.01. The van der Waals surface area contributed by atoms with Crippen molar-refractivity contribution >= 4 is 22.5 Å². The molecule has 0 aliphatic heterocycles. The van der Waals surface area contributed by atoms with Crippen molar-refractivity contribution < 1.29 is 0 Å². The summed E-state index contributed by atoms with van der Waals surface area (Å²) >= 11 is 1.84. The van der Waals surface area contributed by atoms with Crippen LogP contribution in [0.2, 0.25) is 3.43 Å². The van der Waals surface area contributed by atoms with Crippen LogP contribution in [-0.2, 0) is 0 Å². The molecule has 1 aliphatic rings. The molecule has 0 N–H and O–H groups in total. The van der Waals surface area contributed by atoms with E-state index in [2.05, 4.69) is 20.8 Å². The Balaban J connectivity index is 2.47. The van der Waals surface area contributed by atoms with E-state index in [0.29, 0.717) is 0 Å². The van der Waals surface area contributed by atoms with Crippen LogP contribution in [0.3, 0.4) is 0 Å². The van der Waals surface area contributed by atoms with E-state index in [0.717, 1.165) is 8.85 Å². The molecule has 0 nitrogen and oxygen atoms in total. The molecule has 1 aliphatic carbocycles. The zero-order valence-corrected chi connectivity index (χ0v) is 14.4. The molecule has 16 heavy (non-hydrogen) atoms. The van der Waals surface area contributed by atoms with Gasteiger partial charge in [0.05, 0.1) is 0 Å². The molecule has 1 heteroatoms. The fraction of sp³-hybridized carbons (Fsp3) is 1.00. The van der Waals surface area contributed by atoms with Gasteiger partial charge >= 0.3 is 116 Å². The van der Waals surface area contributed by atoms with Crippen LogP contribution in [0.4, 0.5) is 0 Å². The molecule has 0 bridgehead atoms. The van der Waals surface area contributed by atoms with Gasteiger partial charge in [0.25, 0.3) is 0 Å². The summed E-state index contributed by atoms with van der Waals surface area (Å²) in [6, 6.07) is 0. The average Bonchev–Trinajstić information content (AvgIpc) is 2.88. The molecule has 0 aromatic heterocycles. The van der Waals surface area contributed by atoms with E-state index in [1.54, 1.807) is 6.42 Å². The van der Waals surface area contributed by atoms with Gasteiger partial charge in [-0.3, -0.25) is 0 Å². The minimum atomic E-state index is 0.798. The van der Waals surface area contributed by atoms with Crippen molar-refractivity contribution in [3.05, 3.63) is 0 Å². The number of hydrogen-bond donors (Lipinski definition) is 0. The molecule has 93 valence electrons. The van der Waals surface area contributed by atoms with E-state index in [1.807, 2.05) is 22.5 Å². The van der Waals surface area contributed by atoms with Crippen LogP contribution < -0.4 is 0 Å². The fourth-order valence-electron chi connectivity index (χ4n) is 3.18. The average molecular weight is 328 g/mol. The van der Waals surface area contributed by atoms with Gasteiger partial charge in [0.15, 0.2) is 0 Å². The van der Waals surface area contributed by atoms with Crippen molar-refractivity contribution in [3.63, 3.8) is 0 Å². The number of hydrogen-bond acceptors (Lipinski definition) is 0. The summed E-state index contributed by atoms with van der Waals surface area (Å²) in [5, 5.41) is 0. The predicted octanol–water partition coefficient (Wildman–Crippen LogP) is 5.27. The molecule has 1 unspecified atom stereocenters. The van der Waals surface area contributed by atoms with E-state index in [9.17, 15) is 0 Å². The maximum atomic E-state index is 2.34. The number of rotatable bonds is 9. The summed E-state index contributed by atoms with van der Waals surface area (Å²) in [6.07, 6.45) is 14.7. The standard InChI is InChI=1S/C15H29.Sn/c1-4-7-10-14-13-15(14,11-8-5-2)12-9-6-3;/h4-13H2,1-3H3;. The van der Waals surface area contributed by atoms with Crippen molar-refractivity contribution in [3.8, 4) is 0 Å². The van der Waals surface area contributed by atoms with Gasteiger partial charge in [-0.25, -0.2) is 0 Å². The summed E-state index contributed by atoms with van der Waals surface area (Å²) < 4.78 is 0.806. The summed E-state index contributed by atoms with van der Waals surface area (Å²) in [7, 11) is 0. The van der Waals surface area contributed by atoms with Crippen LogP contribution in [0.1, 0.15) is 85.0 Å². The molecule has 3 radical (unpaired) electrons. The quantitative estimate of drug-likeness (QED) is 0.506. The molecule has 0 aromatic carbocycles. The Morgan fingerprint density at radius 1 is 0.812 bits per heavy atom. The van der Waals surface area contributed by atoms with Crippen molar-refractivity contribution in [2.75, 3.05) is 0 Å². The molecule has 0 saturated heterocycles. The summed E-state index contributed by atoms with van der Waals surface area (Å²) in [4.78, 5) is 0. The first-order valence-corrected chi connectivity index (χ1v) is 8.82. The van der Waals surface area contributed by atoms with Gasteiger partial charge in [0.2, 0.25) is 0 Å². The Bertz CT molecular complexity index is 192. The second-order valence-electron chi connectivity index (χ2n) is 5.85. The second-order valence-corrected chi connectivity index (χ2v) is 8.58. The molecule has 1 fully saturated rings. The van der Waals surface area contributed by atoms with Crippen LogP contribution in [0, 0.1) is 5.41 Å². The van der Waals surface area contributed by atoms with Gasteiger partial charge in [-0.05, 0) is 0 Å². The summed E-state index contributed by atoms with van der Waals surface area (Å²) in [5.41, 5.74) is 0.798. The molecular formula is C15H29Sn. The first kappa shape index (κ1) is 14.9. The molecular weight excluding hydrogens is 299 g/mol. The SMILES string of the molecule is CCCC[C]1([Sn])CC1(CCCC)CCCC. The molecule has 1 atom stereocenters. The topological polar surface area (TPSA) is 0 Å². The van der Waals surface area contributed by atoms with Crippen molar-refractivity contribution in [2.24, 2.45) is 5.41 Å². The third kappa shape index (κ3) is 3.40. The third-order valence-corrected chi connectivity index (χ3v) is 7.24. The van der Waals surface area contributed by atoms with E-state index in [4.69, 9.17) is 0 Å². The van der Waals surface area contributed by atoms with E-state index >= 15 is 0 Å². The van der Waals surface area contributed by atoms with Crippen LogP contribution in [0.25, 0.3) is 0 Å².